The lowest BCUT2D eigenvalue weighted by Gasteiger charge is -2.04. The van der Waals surface area contributed by atoms with Gasteiger partial charge in [0, 0.05) is 18.1 Å². The monoisotopic (exact) mass is 311 g/mol. The van der Waals surface area contributed by atoms with E-state index >= 15 is 0 Å². The molecule has 2 aromatic rings. The Kier molecular flexibility index (Phi) is 4.91. The van der Waals surface area contributed by atoms with Crippen molar-refractivity contribution in [1.82, 2.24) is 15.3 Å². The average Bonchev–Trinajstić information content (AvgIpc) is 3.03. The molecular formula is C12H17N5OS2. The molecule has 0 saturated carbocycles. The fourth-order valence-corrected chi connectivity index (χ4v) is 2.80. The van der Waals surface area contributed by atoms with Crippen LogP contribution in [-0.2, 0) is 6.54 Å². The van der Waals surface area contributed by atoms with Gasteiger partial charge in [-0.1, -0.05) is 25.2 Å². The van der Waals surface area contributed by atoms with Crippen LogP contribution in [0.2, 0.25) is 0 Å². The van der Waals surface area contributed by atoms with Crippen LogP contribution in [0.1, 0.15) is 28.5 Å². The van der Waals surface area contributed by atoms with Gasteiger partial charge < -0.3 is 16.4 Å². The molecule has 6 nitrogen and oxygen atoms in total. The molecule has 0 fully saturated rings. The Hall–Kier alpha value is -1.67. The van der Waals surface area contributed by atoms with Gasteiger partial charge in [0.05, 0.1) is 6.54 Å². The van der Waals surface area contributed by atoms with E-state index in [1.54, 1.807) is 6.20 Å². The maximum Gasteiger partial charge on any atom is 0.265 e. The number of nitrogen functional groups attached to an aromatic ring is 1. The topological polar surface area (TPSA) is 92.9 Å². The van der Waals surface area contributed by atoms with Crippen LogP contribution in [0.4, 0.5) is 10.9 Å². The summed E-state index contributed by atoms with van der Waals surface area (Å²) in [5.41, 5.74) is 5.78. The summed E-state index contributed by atoms with van der Waals surface area (Å²) in [6.07, 6.45) is 1.71. The van der Waals surface area contributed by atoms with Crippen molar-refractivity contribution in [2.24, 2.45) is 5.92 Å². The van der Waals surface area contributed by atoms with Gasteiger partial charge in [-0.3, -0.25) is 4.79 Å². The second-order valence-corrected chi connectivity index (χ2v) is 6.59. The lowest BCUT2D eigenvalue weighted by Crippen LogP contribution is -2.22. The highest BCUT2D eigenvalue weighted by Crippen LogP contribution is 2.25. The molecular weight excluding hydrogens is 294 g/mol. The zero-order valence-electron chi connectivity index (χ0n) is 11.3. The van der Waals surface area contributed by atoms with Gasteiger partial charge in [0.25, 0.3) is 5.91 Å². The van der Waals surface area contributed by atoms with E-state index in [1.165, 1.54) is 22.7 Å². The molecule has 2 rings (SSSR count). The third-order valence-electron chi connectivity index (χ3n) is 2.40. The van der Waals surface area contributed by atoms with Crippen LogP contribution in [0.3, 0.4) is 0 Å². The van der Waals surface area contributed by atoms with E-state index < -0.39 is 0 Å². The Morgan fingerprint density at radius 2 is 2.30 bits per heavy atom. The van der Waals surface area contributed by atoms with Crippen molar-refractivity contribution in [3.8, 4) is 0 Å². The van der Waals surface area contributed by atoms with Gasteiger partial charge in [-0.25, -0.2) is 9.97 Å². The first-order valence-corrected chi connectivity index (χ1v) is 7.92. The molecule has 0 aromatic carbocycles. The van der Waals surface area contributed by atoms with E-state index in [1.807, 2.05) is 5.38 Å². The molecule has 20 heavy (non-hydrogen) atoms. The van der Waals surface area contributed by atoms with Crippen LogP contribution in [0.15, 0.2) is 11.6 Å². The fraction of sp³-hybridized carbons (Fsp3) is 0.417. The number of aromatic nitrogens is 2. The van der Waals surface area contributed by atoms with Crippen LogP contribution in [-0.4, -0.2) is 22.4 Å². The second-order valence-electron chi connectivity index (χ2n) is 4.62. The molecule has 0 atom stereocenters. The third-order valence-corrected chi connectivity index (χ3v) is 4.21. The van der Waals surface area contributed by atoms with Crippen molar-refractivity contribution in [1.29, 1.82) is 0 Å². The number of hydrogen-bond acceptors (Lipinski definition) is 7. The molecule has 1 amide bonds. The molecule has 108 valence electrons. The standard InChI is InChI=1S/C12H17N5OS2/c1-7(2)5-16-12-17-10(13)9(20-12)11(18)15-6-8-14-3-4-19-8/h3-4,7H,5-6,13H2,1-2H3,(H,15,18)(H,16,17). The second kappa shape index (κ2) is 6.67. The van der Waals surface area contributed by atoms with Crippen molar-refractivity contribution in [3.63, 3.8) is 0 Å². The largest absolute Gasteiger partial charge is 0.382 e. The Labute approximate surface area is 125 Å². The molecule has 0 aliphatic carbocycles. The minimum Gasteiger partial charge on any atom is -0.382 e. The first-order chi connectivity index (χ1) is 9.56. The summed E-state index contributed by atoms with van der Waals surface area (Å²) in [4.78, 5) is 20.7. The van der Waals surface area contributed by atoms with E-state index in [4.69, 9.17) is 5.73 Å². The van der Waals surface area contributed by atoms with Gasteiger partial charge in [-0.15, -0.1) is 11.3 Å². The zero-order valence-corrected chi connectivity index (χ0v) is 13.0. The number of anilines is 2. The number of hydrogen-bond donors (Lipinski definition) is 3. The average molecular weight is 311 g/mol. The highest BCUT2D eigenvalue weighted by Gasteiger charge is 2.16. The normalized spacial score (nSPS) is 10.8. The van der Waals surface area contributed by atoms with Crippen LogP contribution >= 0.6 is 22.7 Å². The number of rotatable bonds is 6. The van der Waals surface area contributed by atoms with Crippen LogP contribution in [0.25, 0.3) is 0 Å². The number of thiazole rings is 2. The molecule has 0 unspecified atom stereocenters. The first kappa shape index (κ1) is 14.7. The quantitative estimate of drug-likeness (QED) is 0.760. The first-order valence-electron chi connectivity index (χ1n) is 6.23. The molecule has 4 N–H and O–H groups in total. The van der Waals surface area contributed by atoms with Gasteiger partial charge in [0.1, 0.15) is 15.7 Å². The Morgan fingerprint density at radius 1 is 1.50 bits per heavy atom. The smallest absolute Gasteiger partial charge is 0.265 e. The molecule has 0 aliphatic heterocycles. The minimum absolute atomic E-state index is 0.215. The summed E-state index contributed by atoms with van der Waals surface area (Å²) in [5, 5.41) is 9.37. The van der Waals surface area contributed by atoms with E-state index in [0.29, 0.717) is 22.5 Å². The number of nitrogens with two attached hydrogens (primary N) is 1. The summed E-state index contributed by atoms with van der Waals surface area (Å²) in [6, 6.07) is 0. The summed E-state index contributed by atoms with van der Waals surface area (Å²) < 4.78 is 0. The van der Waals surface area contributed by atoms with Crippen molar-refractivity contribution < 1.29 is 4.79 Å². The lowest BCUT2D eigenvalue weighted by molar-refractivity contribution is 0.0955. The summed E-state index contributed by atoms with van der Waals surface area (Å²) in [7, 11) is 0. The minimum atomic E-state index is -0.215. The van der Waals surface area contributed by atoms with Crippen LogP contribution < -0.4 is 16.4 Å². The molecule has 2 heterocycles. The van der Waals surface area contributed by atoms with Crippen molar-refractivity contribution in [3.05, 3.63) is 21.5 Å². The maximum atomic E-state index is 12.0. The van der Waals surface area contributed by atoms with E-state index in [0.717, 1.165) is 11.6 Å². The molecule has 0 radical (unpaired) electrons. The Balaban J connectivity index is 1.95. The van der Waals surface area contributed by atoms with E-state index in [2.05, 4.69) is 34.4 Å². The highest BCUT2D eigenvalue weighted by atomic mass is 32.1. The van der Waals surface area contributed by atoms with Gasteiger partial charge in [0.2, 0.25) is 0 Å². The number of amides is 1. The van der Waals surface area contributed by atoms with Crippen molar-refractivity contribution >= 4 is 39.5 Å². The van der Waals surface area contributed by atoms with Gasteiger partial charge in [-0.05, 0) is 5.92 Å². The molecule has 0 bridgehead atoms. The summed E-state index contributed by atoms with van der Waals surface area (Å²) >= 11 is 2.77. The van der Waals surface area contributed by atoms with Gasteiger partial charge >= 0.3 is 0 Å². The maximum absolute atomic E-state index is 12.0. The highest BCUT2D eigenvalue weighted by molar-refractivity contribution is 7.18. The van der Waals surface area contributed by atoms with Crippen LogP contribution in [0.5, 0.6) is 0 Å². The zero-order chi connectivity index (χ0) is 14.5. The predicted molar refractivity (Wildman–Crippen MR) is 83.1 cm³/mol. The van der Waals surface area contributed by atoms with Gasteiger partial charge in [-0.2, -0.15) is 0 Å². The summed E-state index contributed by atoms with van der Waals surface area (Å²) in [5.74, 6) is 0.549. The number of nitrogens with one attached hydrogen (secondary N) is 2. The lowest BCUT2D eigenvalue weighted by atomic mass is 10.2. The predicted octanol–water partition coefficient (Wildman–Crippen LogP) is 2.18. The van der Waals surface area contributed by atoms with Gasteiger partial charge in [0.15, 0.2) is 5.13 Å². The molecule has 0 saturated heterocycles. The van der Waals surface area contributed by atoms with Crippen molar-refractivity contribution in [2.75, 3.05) is 17.6 Å². The molecule has 0 aliphatic rings. The number of carbonyl (C=O) groups is 1. The molecule has 2 aromatic heterocycles. The van der Waals surface area contributed by atoms with Crippen molar-refractivity contribution in [2.45, 2.75) is 20.4 Å². The van der Waals surface area contributed by atoms with Crippen LogP contribution in [0, 0.1) is 5.92 Å². The molecule has 8 heteroatoms. The third kappa shape index (κ3) is 3.91. The fourth-order valence-electron chi connectivity index (χ4n) is 1.44. The number of carbonyl (C=O) groups excluding carboxylic acids is 1. The Bertz CT molecular complexity index is 564. The van der Waals surface area contributed by atoms with E-state index in [9.17, 15) is 4.79 Å². The number of nitrogens with zero attached hydrogens (tertiary/aromatic N) is 2. The SMILES string of the molecule is CC(C)CNc1nc(N)c(C(=O)NCc2nccs2)s1. The summed E-state index contributed by atoms with van der Waals surface area (Å²) in [6.45, 7) is 5.41. The Morgan fingerprint density at radius 3 is 2.95 bits per heavy atom. The van der Waals surface area contributed by atoms with E-state index in [-0.39, 0.29) is 11.7 Å². The molecule has 0 spiro atoms.